The summed E-state index contributed by atoms with van der Waals surface area (Å²) in [6.07, 6.45) is 25.4. The van der Waals surface area contributed by atoms with E-state index < -0.39 is 53.5 Å². The van der Waals surface area contributed by atoms with Crippen molar-refractivity contribution in [1.82, 2.24) is 51.0 Å². The summed E-state index contributed by atoms with van der Waals surface area (Å²) < 4.78 is 40.0. The van der Waals surface area contributed by atoms with Crippen molar-refractivity contribution in [2.24, 2.45) is 59.0 Å². The minimum Gasteiger partial charge on any atom is -0.495 e. The molecule has 0 radical (unpaired) electrons. The highest BCUT2D eigenvalue weighted by Crippen LogP contribution is 2.45. The molecule has 9 aliphatic rings. The number of ether oxygens (including phenoxy) is 7. The highest BCUT2D eigenvalue weighted by atomic mass is 16.6. The SMILES string of the molecule is CC(C)[C@@H]1CC[C@@H](C)C[C@H]1OC(=O)[C@H](CC=O)NC(=O)OC(C)(C)C.CC[C@@H]1C(=O)N(C)c2cnc(Nc3ccc(C(=O)NC4CCN(CC[C@H](N)C(=O)O[C@@H]5C[C@H](C)CC[C@H]5C(C)C)CC4)cc3OC)nc2N1C1CCCC1.CC[C@@H]1C(=O)N(C)c2cnc(Nc3ccc(C(=O)NC4CCN(CC[C@H](NC(=O)OC(C)(C)C)C(=O)O[C@@H]5C[C@H](C)CC[C@H]5C(C)C)CC4)cc3OC)nc2N1C1CCCC1. The monoisotopic (exact) mass is 1950 g/mol. The van der Waals surface area contributed by atoms with Gasteiger partial charge in [0, 0.05) is 95.1 Å². The van der Waals surface area contributed by atoms with E-state index in [-0.39, 0.29) is 90.6 Å². The van der Waals surface area contributed by atoms with Crippen molar-refractivity contribution >= 4 is 106 Å². The molecule has 14 atom stereocenters. The summed E-state index contributed by atoms with van der Waals surface area (Å²) in [4.78, 5) is 160. The topological polar surface area (TPSA) is 405 Å². The number of nitrogens with one attached hydrogen (secondary N) is 6. The van der Waals surface area contributed by atoms with Crippen LogP contribution in [0.25, 0.3) is 0 Å². The normalized spacial score (nSPS) is 24.2. The highest BCUT2D eigenvalue weighted by Gasteiger charge is 2.46. The van der Waals surface area contributed by atoms with E-state index in [0.29, 0.717) is 149 Å². The van der Waals surface area contributed by atoms with Gasteiger partial charge in [-0.15, -0.1) is 0 Å². The number of aromatic nitrogens is 4. The van der Waals surface area contributed by atoms with Crippen LogP contribution in [0.2, 0.25) is 0 Å². The average molecular weight is 1950 g/mol. The van der Waals surface area contributed by atoms with Gasteiger partial charge in [-0.1, -0.05) is 121 Å². The van der Waals surface area contributed by atoms with E-state index in [1.54, 1.807) is 122 Å². The Kier molecular flexibility index (Phi) is 39.8. The summed E-state index contributed by atoms with van der Waals surface area (Å²) in [7, 11) is 6.71. The number of benzene rings is 2. The number of fused-ring (bicyclic) bond motifs is 2. The van der Waals surface area contributed by atoms with Crippen LogP contribution in [0.1, 0.15) is 305 Å². The number of esters is 3. The highest BCUT2D eigenvalue weighted by molar-refractivity contribution is 6.06. The van der Waals surface area contributed by atoms with Crippen LogP contribution in [-0.4, -0.2) is 241 Å². The molecule has 8 N–H and O–H groups in total. The van der Waals surface area contributed by atoms with Gasteiger partial charge in [-0.2, -0.15) is 9.97 Å². The van der Waals surface area contributed by atoms with Gasteiger partial charge >= 0.3 is 30.1 Å². The molecule has 34 heteroatoms. The van der Waals surface area contributed by atoms with Gasteiger partial charge in [-0.05, 0) is 247 Å². The van der Waals surface area contributed by atoms with E-state index in [1.807, 2.05) is 19.9 Å². The molecule has 140 heavy (non-hydrogen) atoms. The molecule has 776 valence electrons. The molecule has 0 unspecified atom stereocenters. The van der Waals surface area contributed by atoms with E-state index in [9.17, 15) is 47.9 Å². The van der Waals surface area contributed by atoms with Crippen LogP contribution >= 0.6 is 0 Å². The van der Waals surface area contributed by atoms with Crippen molar-refractivity contribution in [3.05, 3.63) is 59.9 Å². The molecule has 6 amide bonds. The third-order valence-corrected chi connectivity index (χ3v) is 29.9. The van der Waals surface area contributed by atoms with Crippen molar-refractivity contribution in [3.8, 4) is 11.5 Å². The summed E-state index contributed by atoms with van der Waals surface area (Å²) in [5, 5.41) is 18.3. The quantitative estimate of drug-likeness (QED) is 0.0132. The van der Waals surface area contributed by atoms with Crippen LogP contribution in [0.4, 0.5) is 55.9 Å². The molecule has 2 saturated heterocycles. The number of hydrogen-bond acceptors (Lipinski definition) is 28. The smallest absolute Gasteiger partial charge is 0.408 e. The van der Waals surface area contributed by atoms with Gasteiger partial charge in [0.2, 0.25) is 23.7 Å². The number of carbonyl (C=O) groups is 10. The molecule has 5 aliphatic carbocycles. The Bertz CT molecular complexity index is 4800. The van der Waals surface area contributed by atoms with Gasteiger partial charge in [0.05, 0.1) is 38.0 Å². The molecule has 7 fully saturated rings. The van der Waals surface area contributed by atoms with Crippen LogP contribution < -0.4 is 66.7 Å². The first kappa shape index (κ1) is 110. The molecule has 6 heterocycles. The first-order chi connectivity index (χ1) is 66.5. The zero-order chi connectivity index (χ0) is 102. The molecule has 2 aromatic heterocycles. The number of methoxy groups -OCH3 is 2. The number of nitrogens with two attached hydrogens (primary N) is 1. The summed E-state index contributed by atoms with van der Waals surface area (Å²) in [6, 6.07) is 8.11. The van der Waals surface area contributed by atoms with E-state index in [2.05, 4.69) is 124 Å². The number of piperidine rings is 2. The lowest BCUT2D eigenvalue weighted by Crippen LogP contribution is -2.55. The van der Waals surface area contributed by atoms with Crippen LogP contribution in [0, 0.1) is 53.3 Å². The van der Waals surface area contributed by atoms with Gasteiger partial charge < -0.3 is 105 Å². The summed E-state index contributed by atoms with van der Waals surface area (Å²) in [5.41, 5.74) is 8.56. The molecule has 2 aromatic carbocycles. The Hall–Kier alpha value is -10.2. The second-order valence-corrected chi connectivity index (χ2v) is 43.8. The number of alkyl carbamates (subject to hydrolysis) is 2. The number of amides is 6. The minimum atomic E-state index is -1.02. The molecule has 5 saturated carbocycles. The number of anilines is 8. The Labute approximate surface area is 830 Å². The molecule has 34 nitrogen and oxygen atoms in total. The maximum Gasteiger partial charge on any atom is 0.408 e. The van der Waals surface area contributed by atoms with Crippen molar-refractivity contribution in [3.63, 3.8) is 0 Å². The number of hydrogen-bond donors (Lipinski definition) is 7. The van der Waals surface area contributed by atoms with Crippen molar-refractivity contribution in [1.29, 1.82) is 0 Å². The lowest BCUT2D eigenvalue weighted by atomic mass is 9.75. The third-order valence-electron chi connectivity index (χ3n) is 29.9. The van der Waals surface area contributed by atoms with Crippen LogP contribution in [0.3, 0.4) is 0 Å². The molecule has 4 aliphatic heterocycles. The summed E-state index contributed by atoms with van der Waals surface area (Å²) in [6.45, 7) is 38.7. The molecule has 0 spiro atoms. The Balaban J connectivity index is 0.000000217. The van der Waals surface area contributed by atoms with Gasteiger partial charge in [0.25, 0.3) is 11.8 Å². The lowest BCUT2D eigenvalue weighted by Gasteiger charge is -2.43. The predicted molar refractivity (Wildman–Crippen MR) is 543 cm³/mol. The number of likely N-dealkylation sites (tertiary alicyclic amines) is 2. The third kappa shape index (κ3) is 30.0. The van der Waals surface area contributed by atoms with E-state index in [0.717, 1.165) is 173 Å². The number of likely N-dealkylation sites (N-methyl/N-ethyl adjacent to an activating group) is 2. The van der Waals surface area contributed by atoms with Gasteiger partial charge in [0.15, 0.2) is 11.6 Å². The van der Waals surface area contributed by atoms with Crippen LogP contribution in [-0.2, 0) is 52.5 Å². The summed E-state index contributed by atoms with van der Waals surface area (Å²) in [5.74, 6) is 5.61. The Morgan fingerprint density at radius 3 is 1.20 bits per heavy atom. The van der Waals surface area contributed by atoms with Crippen molar-refractivity contribution < 1.29 is 81.1 Å². The Morgan fingerprint density at radius 2 is 0.850 bits per heavy atom. The van der Waals surface area contributed by atoms with Gasteiger partial charge in [-0.3, -0.25) is 24.0 Å². The molecule has 0 bridgehead atoms. The standard InChI is InChI=1S/C46H70N8O7.C41H62N8O5.C19H33NO5/c1-10-36-42(56)52(8)37-27-47-44(51-40(37)54(36)32-13-11-12-14-32)49-34-18-16-30(26-39(34)59-9)41(55)48-31-19-22-53(23-20-31)24-21-35(50-45(58)61-46(5,6)7)43(57)60-38-25-29(4)15-17-33(38)28(2)3;1-7-33-39(51)47(5)34-24-43-41(46-37(34)49(33)29-10-8-9-11-29)45-32-15-13-27(23-36(32)53-6)38(50)44-28-16-19-48(20-17-28)21-18-31(42)40(52)54-35-22-26(4)12-14-30(35)25(2)3;1-12(2)14-8-7-13(3)11-16(14)24-17(22)15(9-10-21)20-18(23)25-19(4,5)6/h16,18,26-29,31-33,35-36,38H,10-15,17,19-25H2,1-9H3,(H,48,55)(H,50,58)(H,47,49,51);13,15,23-26,28-31,33,35H,7-12,14,16-22,42H2,1-6H3,(H,44,50)(H,43,45,46);10,12-16H,7-9,11H2,1-6H3,(H,20,23)/t29-,33+,35+,36-,38-;26-,30+,31+,33-,35-;13-,14+,15+,16-/m111/s1. The van der Waals surface area contributed by atoms with Crippen LogP contribution in [0.15, 0.2) is 48.8 Å². The largest absolute Gasteiger partial charge is 0.495 e. The second kappa shape index (κ2) is 50.6. The summed E-state index contributed by atoms with van der Waals surface area (Å²) >= 11 is 0. The van der Waals surface area contributed by atoms with E-state index >= 15 is 0 Å². The fourth-order valence-electron chi connectivity index (χ4n) is 21.8. The number of carbonyl (C=O) groups excluding carboxylic acids is 10. The number of aldehydes is 1. The average Bonchev–Trinajstić information content (AvgIpc) is 1.24. The Morgan fingerprint density at radius 1 is 0.493 bits per heavy atom. The number of rotatable bonds is 33. The maximum atomic E-state index is 13.7. The minimum absolute atomic E-state index is 0.0295. The first-order valence-corrected chi connectivity index (χ1v) is 52.2. The van der Waals surface area contributed by atoms with Crippen molar-refractivity contribution in [2.45, 2.75) is 369 Å². The predicted octanol–water partition coefficient (Wildman–Crippen LogP) is 16.3. The fourth-order valence-corrected chi connectivity index (χ4v) is 21.8. The molecule has 13 rings (SSSR count). The van der Waals surface area contributed by atoms with Gasteiger partial charge in [0.1, 0.15) is 88.9 Å². The fraction of sp³-hybridized carbons (Fsp3) is 0.717. The second-order valence-electron chi connectivity index (χ2n) is 43.8. The van der Waals surface area contributed by atoms with E-state index in [4.69, 9.17) is 48.9 Å². The zero-order valence-electron chi connectivity index (χ0n) is 87.4. The van der Waals surface area contributed by atoms with Gasteiger partial charge in [-0.25, -0.2) is 29.1 Å². The first-order valence-electron chi connectivity index (χ1n) is 52.2. The lowest BCUT2D eigenvalue weighted by molar-refractivity contribution is -0.159. The van der Waals surface area contributed by atoms with Crippen molar-refractivity contribution in [2.75, 3.05) is 97.8 Å². The number of nitrogens with zero attached hydrogens (tertiary/aromatic N) is 10. The molecular formula is C106H165N17O17. The molecular weight excluding hydrogens is 1780 g/mol. The molecule has 4 aromatic rings. The van der Waals surface area contributed by atoms with E-state index in [1.165, 1.54) is 6.42 Å². The van der Waals surface area contributed by atoms with Crippen LogP contribution in [0.5, 0.6) is 11.5 Å². The zero-order valence-corrected chi connectivity index (χ0v) is 87.4. The maximum absolute atomic E-state index is 13.7.